The van der Waals surface area contributed by atoms with E-state index >= 15 is 0 Å². The molecule has 30 heavy (non-hydrogen) atoms. The summed E-state index contributed by atoms with van der Waals surface area (Å²) in [5.41, 5.74) is 0.516. The average Bonchev–Trinajstić information content (AvgIpc) is 2.73. The molecule has 1 aliphatic heterocycles. The molecule has 0 aromatic heterocycles. The first kappa shape index (κ1) is 24.5. The molecule has 1 saturated heterocycles. The molecular weight excluding hydrogens is 441 g/mol. The summed E-state index contributed by atoms with van der Waals surface area (Å²) in [6.07, 6.45) is -5.49. The van der Waals surface area contributed by atoms with Crippen LogP contribution in [0.5, 0.6) is 5.75 Å². The quantitative estimate of drug-likeness (QED) is 0.275. The van der Waals surface area contributed by atoms with Gasteiger partial charge in [-0.3, -0.25) is 9.59 Å². The van der Waals surface area contributed by atoms with E-state index in [2.05, 4.69) is 11.9 Å². The first-order valence-corrected chi connectivity index (χ1v) is 9.81. The van der Waals surface area contributed by atoms with Crippen LogP contribution in [-0.2, 0) is 9.53 Å². The van der Waals surface area contributed by atoms with Crippen molar-refractivity contribution >= 4 is 34.9 Å². The summed E-state index contributed by atoms with van der Waals surface area (Å²) in [4.78, 5) is 24.4. The van der Waals surface area contributed by atoms with Crippen molar-refractivity contribution in [2.75, 3.05) is 13.2 Å². The maximum atomic E-state index is 12.2. The van der Waals surface area contributed by atoms with Gasteiger partial charge < -0.3 is 35.2 Å². The van der Waals surface area contributed by atoms with Crippen molar-refractivity contribution in [3.8, 4) is 5.75 Å². The molecule has 0 saturated carbocycles. The van der Waals surface area contributed by atoms with E-state index in [0.717, 1.165) is 0 Å². The zero-order valence-electron chi connectivity index (χ0n) is 16.0. The lowest BCUT2D eigenvalue weighted by Gasteiger charge is -2.40. The second kappa shape index (κ2) is 10.5. The minimum atomic E-state index is -1.65. The molecular formula is C19H23Cl2NO8. The molecule has 5 N–H and O–H groups in total. The SMILES string of the molecule is C=C(CC)C(=O)c1ccc(OCC(=O)N[C@@H]2[C@@H](O)[C@H](O)[C@@H](CO)O[C@H]2O)c(Cl)c1Cl. The summed E-state index contributed by atoms with van der Waals surface area (Å²) < 4.78 is 10.3. The molecule has 166 valence electrons. The van der Waals surface area contributed by atoms with Crippen molar-refractivity contribution in [3.63, 3.8) is 0 Å². The van der Waals surface area contributed by atoms with Gasteiger partial charge in [-0.15, -0.1) is 0 Å². The Bertz CT molecular complexity index is 818. The molecule has 0 radical (unpaired) electrons. The summed E-state index contributed by atoms with van der Waals surface area (Å²) in [5.74, 6) is -1.08. The number of aliphatic hydroxyl groups excluding tert-OH is 4. The lowest BCUT2D eigenvalue weighted by molar-refractivity contribution is -0.253. The van der Waals surface area contributed by atoms with Gasteiger partial charge >= 0.3 is 0 Å². The fourth-order valence-corrected chi connectivity index (χ4v) is 3.25. The summed E-state index contributed by atoms with van der Waals surface area (Å²) >= 11 is 12.3. The molecule has 0 unspecified atom stereocenters. The first-order valence-electron chi connectivity index (χ1n) is 9.05. The molecule has 0 bridgehead atoms. The Morgan fingerprint density at radius 1 is 1.20 bits per heavy atom. The van der Waals surface area contributed by atoms with Gasteiger partial charge in [0.05, 0.1) is 11.6 Å². The minimum Gasteiger partial charge on any atom is -0.482 e. The maximum Gasteiger partial charge on any atom is 0.258 e. The Morgan fingerprint density at radius 3 is 2.47 bits per heavy atom. The van der Waals surface area contributed by atoms with E-state index < -0.39 is 49.8 Å². The molecule has 0 spiro atoms. The molecule has 1 aromatic rings. The molecule has 1 aliphatic rings. The fourth-order valence-electron chi connectivity index (χ4n) is 2.79. The molecule has 1 amide bonds. The van der Waals surface area contributed by atoms with Gasteiger partial charge in [0.15, 0.2) is 18.7 Å². The lowest BCUT2D eigenvalue weighted by atomic mass is 9.97. The van der Waals surface area contributed by atoms with E-state index in [1.165, 1.54) is 12.1 Å². The van der Waals surface area contributed by atoms with Crippen molar-refractivity contribution in [1.82, 2.24) is 5.32 Å². The van der Waals surface area contributed by atoms with E-state index in [4.69, 9.17) is 37.8 Å². The molecule has 0 aliphatic carbocycles. The van der Waals surface area contributed by atoms with Crippen LogP contribution in [0.3, 0.4) is 0 Å². The molecule has 1 fully saturated rings. The predicted molar refractivity (Wildman–Crippen MR) is 108 cm³/mol. The Labute approximate surface area is 182 Å². The third kappa shape index (κ3) is 5.30. The van der Waals surface area contributed by atoms with Gasteiger partial charge in [-0.1, -0.05) is 36.7 Å². The highest BCUT2D eigenvalue weighted by molar-refractivity contribution is 6.45. The van der Waals surface area contributed by atoms with Crippen molar-refractivity contribution in [1.29, 1.82) is 0 Å². The number of aliphatic hydroxyl groups is 4. The number of hydrogen-bond acceptors (Lipinski definition) is 8. The fraction of sp³-hybridized carbons (Fsp3) is 0.474. The molecule has 2 rings (SSSR count). The highest BCUT2D eigenvalue weighted by atomic mass is 35.5. The lowest BCUT2D eigenvalue weighted by Crippen LogP contribution is -2.64. The summed E-state index contributed by atoms with van der Waals surface area (Å²) in [7, 11) is 0. The largest absolute Gasteiger partial charge is 0.482 e. The zero-order valence-corrected chi connectivity index (χ0v) is 17.6. The Hall–Kier alpha value is -1.72. The second-order valence-electron chi connectivity index (χ2n) is 6.64. The van der Waals surface area contributed by atoms with Crippen LogP contribution in [0, 0.1) is 0 Å². The third-order valence-corrected chi connectivity index (χ3v) is 5.49. The normalized spacial score (nSPS) is 26.2. The van der Waals surface area contributed by atoms with Crippen LogP contribution in [-0.4, -0.2) is 76.0 Å². The van der Waals surface area contributed by atoms with Crippen molar-refractivity contribution in [2.24, 2.45) is 0 Å². The number of Topliss-reactive ketones (excluding diaryl/α,β-unsaturated/α-hetero) is 1. The number of amides is 1. The summed E-state index contributed by atoms with van der Waals surface area (Å²) in [5, 5.41) is 41.0. The molecule has 1 heterocycles. The van der Waals surface area contributed by atoms with Crippen LogP contribution in [0.2, 0.25) is 10.0 Å². The van der Waals surface area contributed by atoms with Crippen LogP contribution < -0.4 is 10.1 Å². The van der Waals surface area contributed by atoms with Gasteiger partial charge in [-0.05, 0) is 24.1 Å². The van der Waals surface area contributed by atoms with Crippen LogP contribution in [0.15, 0.2) is 24.3 Å². The van der Waals surface area contributed by atoms with Crippen molar-refractivity contribution in [2.45, 2.75) is 44.0 Å². The number of benzene rings is 1. The standard InChI is InChI=1S/C19H23Cl2NO8/c1-3-8(2)16(25)9-4-5-10(14(21)13(9)20)29-7-12(24)22-15-18(27)17(26)11(6-23)30-19(15)28/h4-5,11,15,17-19,23,26-28H,2-3,6-7H2,1H3,(H,22,24)/t11-,15-,17-,18-,19-/m1/s1. The number of rotatable bonds is 8. The number of halogens is 2. The Kier molecular flexibility index (Phi) is 8.62. The zero-order chi connectivity index (χ0) is 22.6. The number of nitrogens with one attached hydrogen (secondary N) is 1. The van der Waals surface area contributed by atoms with E-state index in [1.807, 2.05) is 0 Å². The van der Waals surface area contributed by atoms with Gasteiger partial charge in [0.25, 0.3) is 5.91 Å². The monoisotopic (exact) mass is 463 g/mol. The smallest absolute Gasteiger partial charge is 0.258 e. The molecule has 11 heteroatoms. The Balaban J connectivity index is 2.02. The van der Waals surface area contributed by atoms with Gasteiger partial charge in [-0.2, -0.15) is 0 Å². The van der Waals surface area contributed by atoms with Gasteiger partial charge in [0.1, 0.15) is 35.1 Å². The van der Waals surface area contributed by atoms with Gasteiger partial charge in [0.2, 0.25) is 0 Å². The first-order chi connectivity index (χ1) is 14.1. The number of carbonyl (C=O) groups is 2. The topological polar surface area (TPSA) is 146 Å². The van der Waals surface area contributed by atoms with Crippen LogP contribution in [0.1, 0.15) is 23.7 Å². The number of hydrogen-bond donors (Lipinski definition) is 5. The minimum absolute atomic E-state index is 0.0387. The van der Waals surface area contributed by atoms with Gasteiger partial charge in [-0.25, -0.2) is 0 Å². The Morgan fingerprint density at radius 2 is 1.87 bits per heavy atom. The van der Waals surface area contributed by atoms with Crippen molar-refractivity contribution in [3.05, 3.63) is 39.9 Å². The van der Waals surface area contributed by atoms with Crippen molar-refractivity contribution < 1.29 is 39.5 Å². The molecule has 9 nitrogen and oxygen atoms in total. The highest BCUT2D eigenvalue weighted by Gasteiger charge is 2.44. The summed E-state index contributed by atoms with van der Waals surface area (Å²) in [6, 6.07) is 1.43. The predicted octanol–water partition coefficient (Wildman–Crippen LogP) is 0.437. The van der Waals surface area contributed by atoms with E-state index in [1.54, 1.807) is 6.92 Å². The number of ketones is 1. The van der Waals surface area contributed by atoms with E-state index in [0.29, 0.717) is 12.0 Å². The number of carbonyl (C=O) groups excluding carboxylic acids is 2. The second-order valence-corrected chi connectivity index (χ2v) is 7.39. The van der Waals surface area contributed by atoms with E-state index in [9.17, 15) is 24.9 Å². The maximum absolute atomic E-state index is 12.2. The van der Waals surface area contributed by atoms with Gasteiger partial charge in [0, 0.05) is 5.56 Å². The van der Waals surface area contributed by atoms with Crippen LogP contribution in [0.25, 0.3) is 0 Å². The number of ether oxygens (including phenoxy) is 2. The van der Waals surface area contributed by atoms with Crippen LogP contribution in [0.4, 0.5) is 0 Å². The molecule has 5 atom stereocenters. The molecule has 1 aromatic carbocycles. The summed E-state index contributed by atoms with van der Waals surface area (Å²) in [6.45, 7) is 4.25. The van der Waals surface area contributed by atoms with Crippen LogP contribution >= 0.6 is 23.2 Å². The third-order valence-electron chi connectivity index (χ3n) is 4.63. The average molecular weight is 464 g/mol. The highest BCUT2D eigenvalue weighted by Crippen LogP contribution is 2.35. The van der Waals surface area contributed by atoms with E-state index in [-0.39, 0.29) is 27.1 Å². The number of allylic oxidation sites excluding steroid dienone is 1.